The van der Waals surface area contributed by atoms with E-state index in [-0.39, 0.29) is 11.4 Å². The Morgan fingerprint density at radius 3 is 2.55 bits per heavy atom. The van der Waals surface area contributed by atoms with Crippen molar-refractivity contribution in [3.8, 4) is 5.75 Å². The Labute approximate surface area is 174 Å². The van der Waals surface area contributed by atoms with E-state index in [0.29, 0.717) is 43.4 Å². The van der Waals surface area contributed by atoms with Gasteiger partial charge in [0.2, 0.25) is 5.78 Å². The first-order chi connectivity index (χ1) is 14.1. The van der Waals surface area contributed by atoms with Gasteiger partial charge in [0.25, 0.3) is 5.91 Å². The highest BCUT2D eigenvalue weighted by atomic mass is 32.1. The quantitative estimate of drug-likeness (QED) is 0.466. The van der Waals surface area contributed by atoms with Gasteiger partial charge >= 0.3 is 0 Å². The summed E-state index contributed by atoms with van der Waals surface area (Å²) >= 11 is 1.29. The van der Waals surface area contributed by atoms with Gasteiger partial charge in [-0.1, -0.05) is 18.2 Å². The molecule has 1 aromatic heterocycles. The number of aliphatic hydroxyl groups is 1. The number of hydrogen-bond acceptors (Lipinski definition) is 6. The number of hydrogen-bond donors (Lipinski definition) is 1. The monoisotopic (exact) mass is 415 g/mol. The fraction of sp³-hybridized carbons (Fsp3) is 0.364. The summed E-state index contributed by atoms with van der Waals surface area (Å²) in [4.78, 5) is 28.0. The van der Waals surface area contributed by atoms with Crippen LogP contribution in [0.5, 0.6) is 5.75 Å². The highest BCUT2D eigenvalue weighted by Crippen LogP contribution is 2.40. The van der Waals surface area contributed by atoms with Gasteiger partial charge in [-0.2, -0.15) is 0 Å². The van der Waals surface area contributed by atoms with Gasteiger partial charge in [-0.15, -0.1) is 11.3 Å². The number of ether oxygens (including phenoxy) is 2. The second kappa shape index (κ2) is 9.71. The van der Waals surface area contributed by atoms with Gasteiger partial charge in [-0.25, -0.2) is 0 Å². The number of ketones is 1. The largest absolute Gasteiger partial charge is 0.503 e. The lowest BCUT2D eigenvalue weighted by Crippen LogP contribution is -2.32. The van der Waals surface area contributed by atoms with Crippen LogP contribution in [0.15, 0.2) is 53.1 Å². The zero-order valence-corrected chi connectivity index (χ0v) is 17.4. The van der Waals surface area contributed by atoms with Crippen molar-refractivity contribution in [2.24, 2.45) is 0 Å². The number of amides is 1. The highest BCUT2D eigenvalue weighted by Gasteiger charge is 2.43. The van der Waals surface area contributed by atoms with Crippen LogP contribution < -0.4 is 4.74 Å². The molecule has 1 aromatic carbocycles. The number of Topliss-reactive ketones (excluding diaryl/α,β-unsaturated/α-hetero) is 1. The van der Waals surface area contributed by atoms with Crippen molar-refractivity contribution in [1.82, 2.24) is 4.90 Å². The van der Waals surface area contributed by atoms with E-state index in [2.05, 4.69) is 0 Å². The Morgan fingerprint density at radius 1 is 1.17 bits per heavy atom. The van der Waals surface area contributed by atoms with Gasteiger partial charge in [0.15, 0.2) is 5.76 Å². The third-order valence-corrected chi connectivity index (χ3v) is 5.56. The molecule has 0 spiro atoms. The fourth-order valence-electron chi connectivity index (χ4n) is 3.40. The van der Waals surface area contributed by atoms with Gasteiger partial charge < -0.3 is 19.5 Å². The number of thiophene rings is 1. The lowest BCUT2D eigenvalue weighted by molar-refractivity contribution is -0.129. The van der Waals surface area contributed by atoms with Crippen molar-refractivity contribution in [2.75, 3.05) is 26.4 Å². The summed E-state index contributed by atoms with van der Waals surface area (Å²) in [6.45, 7) is 5.85. The maximum Gasteiger partial charge on any atom is 0.290 e. The van der Waals surface area contributed by atoms with Gasteiger partial charge in [0.1, 0.15) is 5.75 Å². The molecular formula is C22H25NO5S. The number of aliphatic hydroxyl groups excluding tert-OH is 1. The molecule has 0 radical (unpaired) electrons. The van der Waals surface area contributed by atoms with Gasteiger partial charge in [0.05, 0.1) is 23.1 Å². The molecule has 1 aliphatic heterocycles. The van der Waals surface area contributed by atoms with E-state index in [1.54, 1.807) is 22.4 Å². The van der Waals surface area contributed by atoms with Gasteiger partial charge in [-0.05, 0) is 49.4 Å². The maximum absolute atomic E-state index is 13.1. The minimum atomic E-state index is -0.644. The Balaban J connectivity index is 1.95. The summed E-state index contributed by atoms with van der Waals surface area (Å²) in [5.41, 5.74) is 0.875. The highest BCUT2D eigenvalue weighted by molar-refractivity contribution is 7.12. The maximum atomic E-state index is 13.1. The van der Waals surface area contributed by atoms with E-state index in [9.17, 15) is 14.7 Å². The first-order valence-corrected chi connectivity index (χ1v) is 10.6. The van der Waals surface area contributed by atoms with E-state index < -0.39 is 17.7 Å². The van der Waals surface area contributed by atoms with E-state index in [0.717, 1.165) is 5.56 Å². The van der Waals surface area contributed by atoms with E-state index >= 15 is 0 Å². The van der Waals surface area contributed by atoms with Crippen molar-refractivity contribution >= 4 is 23.0 Å². The molecule has 0 saturated heterocycles. The predicted molar refractivity (Wildman–Crippen MR) is 111 cm³/mol. The third kappa shape index (κ3) is 4.52. The number of carbonyl (C=O) groups is 2. The summed E-state index contributed by atoms with van der Waals surface area (Å²) in [5, 5.41) is 12.4. The molecule has 0 fully saturated rings. The second-order valence-corrected chi connectivity index (χ2v) is 7.47. The molecular weight excluding hydrogens is 390 g/mol. The molecule has 1 N–H and O–H groups in total. The third-order valence-electron chi connectivity index (χ3n) is 4.69. The molecule has 0 bridgehead atoms. The summed E-state index contributed by atoms with van der Waals surface area (Å²) in [6.07, 6.45) is 0.612. The minimum absolute atomic E-state index is 0.123. The second-order valence-electron chi connectivity index (χ2n) is 6.52. The molecule has 7 heteroatoms. The van der Waals surface area contributed by atoms with Crippen molar-refractivity contribution in [1.29, 1.82) is 0 Å². The molecule has 3 rings (SSSR count). The van der Waals surface area contributed by atoms with Crippen LogP contribution in [-0.4, -0.2) is 48.1 Å². The van der Waals surface area contributed by atoms with Crippen LogP contribution in [0.2, 0.25) is 0 Å². The molecule has 6 nitrogen and oxygen atoms in total. The van der Waals surface area contributed by atoms with Gasteiger partial charge in [-0.3, -0.25) is 9.59 Å². The zero-order chi connectivity index (χ0) is 20.8. The van der Waals surface area contributed by atoms with Crippen LogP contribution in [0.3, 0.4) is 0 Å². The normalized spacial score (nSPS) is 16.6. The molecule has 1 aliphatic rings. The minimum Gasteiger partial charge on any atom is -0.503 e. The predicted octanol–water partition coefficient (Wildman–Crippen LogP) is 4.15. The van der Waals surface area contributed by atoms with Crippen molar-refractivity contribution in [2.45, 2.75) is 26.3 Å². The summed E-state index contributed by atoms with van der Waals surface area (Å²) in [7, 11) is 0. The van der Waals surface area contributed by atoms with Crippen molar-refractivity contribution < 1.29 is 24.2 Å². The molecule has 0 aliphatic carbocycles. The van der Waals surface area contributed by atoms with Gasteiger partial charge in [0, 0.05) is 19.8 Å². The summed E-state index contributed by atoms with van der Waals surface area (Å²) < 4.78 is 10.9. The zero-order valence-electron chi connectivity index (χ0n) is 16.6. The Morgan fingerprint density at radius 2 is 1.93 bits per heavy atom. The van der Waals surface area contributed by atoms with Crippen LogP contribution in [0.4, 0.5) is 0 Å². The molecule has 0 saturated carbocycles. The molecule has 1 unspecified atom stereocenters. The lowest BCUT2D eigenvalue weighted by Gasteiger charge is -2.27. The first kappa shape index (κ1) is 21.1. The average Bonchev–Trinajstić information content (AvgIpc) is 3.34. The summed E-state index contributed by atoms with van der Waals surface area (Å²) in [6, 6.07) is 10.1. The summed E-state index contributed by atoms with van der Waals surface area (Å²) in [5.74, 6) is -0.612. The molecule has 2 aromatic rings. The van der Waals surface area contributed by atoms with Crippen molar-refractivity contribution in [3.05, 3.63) is 63.6 Å². The Kier molecular flexibility index (Phi) is 7.06. The molecule has 1 atom stereocenters. The molecule has 1 amide bonds. The van der Waals surface area contributed by atoms with Crippen LogP contribution in [0.25, 0.3) is 0 Å². The smallest absolute Gasteiger partial charge is 0.290 e. The first-order valence-electron chi connectivity index (χ1n) is 9.71. The van der Waals surface area contributed by atoms with E-state index in [4.69, 9.17) is 9.47 Å². The van der Waals surface area contributed by atoms with Crippen molar-refractivity contribution in [3.63, 3.8) is 0 Å². The topological polar surface area (TPSA) is 76.1 Å². The number of benzene rings is 1. The molecule has 154 valence electrons. The molecule has 2 heterocycles. The van der Waals surface area contributed by atoms with E-state index in [1.165, 1.54) is 11.3 Å². The number of rotatable bonds is 10. The standard InChI is InChI=1S/C22H25NO5S/c1-3-27-13-6-12-23-19(15-8-10-16(11-9-15)28-4-2)18(21(25)22(23)26)20(24)17-7-5-14-29-17/h5,7-11,14,19,25H,3-4,6,12-13H2,1-2H3. The average molecular weight is 416 g/mol. The molecule has 29 heavy (non-hydrogen) atoms. The van der Waals surface area contributed by atoms with Crippen LogP contribution >= 0.6 is 11.3 Å². The fourth-order valence-corrected chi connectivity index (χ4v) is 4.08. The Bertz CT molecular complexity index is 873. The number of nitrogens with zero attached hydrogens (tertiary/aromatic N) is 1. The van der Waals surface area contributed by atoms with E-state index in [1.807, 2.05) is 38.1 Å². The SMILES string of the molecule is CCOCCCN1C(=O)C(O)=C(C(=O)c2cccs2)C1c1ccc(OCC)cc1. The van der Waals surface area contributed by atoms with Crippen LogP contribution in [-0.2, 0) is 9.53 Å². The lowest BCUT2D eigenvalue weighted by atomic mass is 9.95. The van der Waals surface area contributed by atoms with Crippen LogP contribution in [0.1, 0.15) is 41.5 Å². The van der Waals surface area contributed by atoms with Crippen LogP contribution in [0, 0.1) is 0 Å². The number of carbonyl (C=O) groups excluding carboxylic acids is 2. The Hall–Kier alpha value is -2.64.